The summed E-state index contributed by atoms with van der Waals surface area (Å²) in [7, 11) is 0. The number of imide groups is 1. The predicted octanol–water partition coefficient (Wildman–Crippen LogP) is 2.57. The van der Waals surface area contributed by atoms with Gasteiger partial charge in [-0.25, -0.2) is 9.69 Å². The van der Waals surface area contributed by atoms with Crippen LogP contribution < -0.4 is 0 Å². The average molecular weight is 239 g/mol. The number of amides is 2. The van der Waals surface area contributed by atoms with Gasteiger partial charge in [0.25, 0.3) is 0 Å². The minimum atomic E-state index is -0.445. The van der Waals surface area contributed by atoms with Crippen molar-refractivity contribution >= 4 is 12.0 Å². The van der Waals surface area contributed by atoms with Crippen molar-refractivity contribution in [2.75, 3.05) is 6.61 Å². The molecule has 2 rings (SSSR count). The molecule has 1 saturated carbocycles. The maximum absolute atomic E-state index is 12.4. The van der Waals surface area contributed by atoms with Crippen molar-refractivity contribution in [3.63, 3.8) is 0 Å². The molecule has 0 aromatic rings. The molecule has 0 spiro atoms. The molecule has 96 valence electrons. The van der Waals surface area contributed by atoms with Crippen LogP contribution in [0.4, 0.5) is 4.79 Å². The van der Waals surface area contributed by atoms with E-state index >= 15 is 0 Å². The fourth-order valence-electron chi connectivity index (χ4n) is 2.73. The van der Waals surface area contributed by atoms with E-state index in [1.807, 2.05) is 13.8 Å². The largest absolute Gasteiger partial charge is 0.447 e. The highest BCUT2D eigenvalue weighted by atomic mass is 16.6. The lowest BCUT2D eigenvalue weighted by Gasteiger charge is -2.28. The van der Waals surface area contributed by atoms with Crippen LogP contribution in [0.15, 0.2) is 0 Å². The Morgan fingerprint density at radius 3 is 2.53 bits per heavy atom. The molecular formula is C13H21NO3. The highest BCUT2D eigenvalue weighted by Gasteiger charge is 2.42. The summed E-state index contributed by atoms with van der Waals surface area (Å²) in [6.07, 6.45) is 4.82. The van der Waals surface area contributed by atoms with Gasteiger partial charge in [-0.1, -0.05) is 33.1 Å². The van der Waals surface area contributed by atoms with Crippen LogP contribution in [0.5, 0.6) is 0 Å². The van der Waals surface area contributed by atoms with Gasteiger partial charge < -0.3 is 4.74 Å². The minimum absolute atomic E-state index is 0.00843. The SMILES string of the molecule is CC(C)[C@@H]1COC(=O)N1C(=O)C1CCCCC1. The third-order valence-corrected chi connectivity index (χ3v) is 3.87. The number of ether oxygens (including phenoxy) is 1. The van der Waals surface area contributed by atoms with Gasteiger partial charge in [0.1, 0.15) is 6.61 Å². The van der Waals surface area contributed by atoms with Gasteiger partial charge in [0, 0.05) is 5.92 Å². The topological polar surface area (TPSA) is 46.6 Å². The zero-order chi connectivity index (χ0) is 12.4. The molecule has 4 nitrogen and oxygen atoms in total. The highest BCUT2D eigenvalue weighted by Crippen LogP contribution is 2.29. The number of carbonyl (C=O) groups excluding carboxylic acids is 2. The Balaban J connectivity index is 2.07. The molecule has 4 heteroatoms. The number of rotatable bonds is 2. The molecule has 0 aromatic heterocycles. The molecule has 1 saturated heterocycles. The second-order valence-electron chi connectivity index (χ2n) is 5.43. The van der Waals surface area contributed by atoms with E-state index in [-0.39, 0.29) is 23.8 Å². The van der Waals surface area contributed by atoms with E-state index in [9.17, 15) is 9.59 Å². The van der Waals surface area contributed by atoms with Crippen LogP contribution in [0.3, 0.4) is 0 Å². The summed E-state index contributed by atoms with van der Waals surface area (Å²) in [5, 5.41) is 0. The van der Waals surface area contributed by atoms with Gasteiger partial charge in [0.2, 0.25) is 5.91 Å². The number of cyclic esters (lactones) is 1. The molecule has 0 aromatic carbocycles. The summed E-state index contributed by atoms with van der Waals surface area (Å²) in [4.78, 5) is 25.4. The zero-order valence-corrected chi connectivity index (χ0v) is 10.6. The summed E-state index contributed by atoms with van der Waals surface area (Å²) >= 11 is 0. The molecule has 0 radical (unpaired) electrons. The fraction of sp³-hybridized carbons (Fsp3) is 0.846. The maximum atomic E-state index is 12.4. The van der Waals surface area contributed by atoms with E-state index in [1.54, 1.807) is 0 Å². The van der Waals surface area contributed by atoms with Gasteiger partial charge in [-0.15, -0.1) is 0 Å². The number of carbonyl (C=O) groups is 2. The van der Waals surface area contributed by atoms with E-state index in [0.29, 0.717) is 6.61 Å². The van der Waals surface area contributed by atoms with Crippen LogP contribution >= 0.6 is 0 Å². The highest BCUT2D eigenvalue weighted by molar-refractivity contribution is 5.94. The molecule has 1 heterocycles. The first-order valence-electron chi connectivity index (χ1n) is 6.61. The molecule has 0 bridgehead atoms. The number of nitrogens with zero attached hydrogens (tertiary/aromatic N) is 1. The van der Waals surface area contributed by atoms with Gasteiger partial charge in [-0.05, 0) is 18.8 Å². The summed E-state index contributed by atoms with van der Waals surface area (Å²) in [5.74, 6) is 0.288. The molecule has 0 N–H and O–H groups in total. The second-order valence-corrected chi connectivity index (χ2v) is 5.43. The van der Waals surface area contributed by atoms with Crippen molar-refractivity contribution in [1.82, 2.24) is 4.90 Å². The van der Waals surface area contributed by atoms with E-state index < -0.39 is 6.09 Å². The maximum Gasteiger partial charge on any atom is 0.416 e. The summed E-state index contributed by atoms with van der Waals surface area (Å²) in [5.41, 5.74) is 0. The Bertz CT molecular complexity index is 308. The van der Waals surface area contributed by atoms with Crippen LogP contribution in [0.25, 0.3) is 0 Å². The van der Waals surface area contributed by atoms with Crippen molar-refractivity contribution in [3.8, 4) is 0 Å². The second kappa shape index (κ2) is 5.07. The smallest absolute Gasteiger partial charge is 0.416 e. The average Bonchev–Trinajstić information content (AvgIpc) is 2.71. The van der Waals surface area contributed by atoms with Crippen LogP contribution in [0, 0.1) is 11.8 Å². The van der Waals surface area contributed by atoms with Crippen molar-refractivity contribution in [2.24, 2.45) is 11.8 Å². The summed E-state index contributed by atoms with van der Waals surface area (Å²) in [6, 6.07) is -0.0723. The first-order chi connectivity index (χ1) is 8.11. The Kier molecular flexibility index (Phi) is 3.69. The van der Waals surface area contributed by atoms with E-state index in [1.165, 1.54) is 11.3 Å². The Hall–Kier alpha value is -1.06. The molecule has 1 aliphatic carbocycles. The third kappa shape index (κ3) is 2.45. The van der Waals surface area contributed by atoms with E-state index in [4.69, 9.17) is 4.74 Å². The van der Waals surface area contributed by atoms with Crippen molar-refractivity contribution in [1.29, 1.82) is 0 Å². The van der Waals surface area contributed by atoms with Gasteiger partial charge in [-0.3, -0.25) is 4.79 Å². The van der Waals surface area contributed by atoms with Gasteiger partial charge in [0.05, 0.1) is 6.04 Å². The van der Waals surface area contributed by atoms with Crippen LogP contribution in [0.1, 0.15) is 46.0 Å². The monoisotopic (exact) mass is 239 g/mol. The van der Waals surface area contributed by atoms with Gasteiger partial charge in [0.15, 0.2) is 0 Å². The third-order valence-electron chi connectivity index (χ3n) is 3.87. The Labute approximate surface area is 102 Å². The molecule has 1 atom stereocenters. The molecule has 1 aliphatic heterocycles. The standard InChI is InChI=1S/C13H21NO3/c1-9(2)11-8-17-13(16)14(11)12(15)10-6-4-3-5-7-10/h9-11H,3-8H2,1-2H3/t11-/m0/s1. The minimum Gasteiger partial charge on any atom is -0.447 e. The Morgan fingerprint density at radius 1 is 1.29 bits per heavy atom. The summed E-state index contributed by atoms with van der Waals surface area (Å²) in [6.45, 7) is 4.40. The van der Waals surface area contributed by atoms with Crippen LogP contribution in [-0.2, 0) is 9.53 Å². The van der Waals surface area contributed by atoms with Crippen molar-refractivity contribution in [3.05, 3.63) is 0 Å². The van der Waals surface area contributed by atoms with Crippen molar-refractivity contribution < 1.29 is 14.3 Å². The molecule has 2 aliphatic rings. The normalized spacial score (nSPS) is 26.4. The first-order valence-corrected chi connectivity index (χ1v) is 6.61. The molecule has 2 amide bonds. The first kappa shape index (κ1) is 12.4. The number of hydrogen-bond donors (Lipinski definition) is 0. The lowest BCUT2D eigenvalue weighted by atomic mass is 9.87. The van der Waals surface area contributed by atoms with Crippen LogP contribution in [-0.4, -0.2) is 29.5 Å². The zero-order valence-electron chi connectivity index (χ0n) is 10.6. The molecular weight excluding hydrogens is 218 g/mol. The van der Waals surface area contributed by atoms with E-state index in [2.05, 4.69) is 0 Å². The summed E-state index contributed by atoms with van der Waals surface area (Å²) < 4.78 is 5.02. The van der Waals surface area contributed by atoms with E-state index in [0.717, 1.165) is 25.7 Å². The lowest BCUT2D eigenvalue weighted by Crippen LogP contribution is -2.45. The molecule has 17 heavy (non-hydrogen) atoms. The predicted molar refractivity (Wildman–Crippen MR) is 63.4 cm³/mol. The fourth-order valence-corrected chi connectivity index (χ4v) is 2.73. The van der Waals surface area contributed by atoms with Crippen molar-refractivity contribution in [2.45, 2.75) is 52.0 Å². The molecule has 0 unspecified atom stereocenters. The quantitative estimate of drug-likeness (QED) is 0.744. The number of hydrogen-bond acceptors (Lipinski definition) is 3. The molecule has 2 fully saturated rings. The lowest BCUT2D eigenvalue weighted by molar-refractivity contribution is -0.135. The Morgan fingerprint density at radius 2 is 1.94 bits per heavy atom. The van der Waals surface area contributed by atoms with Gasteiger partial charge >= 0.3 is 6.09 Å². The van der Waals surface area contributed by atoms with Crippen LogP contribution in [0.2, 0.25) is 0 Å². The van der Waals surface area contributed by atoms with Gasteiger partial charge in [-0.2, -0.15) is 0 Å².